The van der Waals surface area contributed by atoms with Crippen molar-refractivity contribution in [1.29, 1.82) is 0 Å². The molecule has 1 aromatic carbocycles. The molecule has 108 valence electrons. The summed E-state index contributed by atoms with van der Waals surface area (Å²) in [5.41, 5.74) is 0.715. The van der Waals surface area contributed by atoms with Crippen LogP contribution in [-0.4, -0.2) is 23.2 Å². The molecule has 0 radical (unpaired) electrons. The predicted octanol–water partition coefficient (Wildman–Crippen LogP) is 2.81. The van der Waals surface area contributed by atoms with Crippen LogP contribution in [0.3, 0.4) is 0 Å². The molecule has 0 N–H and O–H groups in total. The van der Waals surface area contributed by atoms with Crippen molar-refractivity contribution in [1.82, 2.24) is 14.8 Å². The van der Waals surface area contributed by atoms with Gasteiger partial charge in [-0.1, -0.05) is 23.9 Å². The first-order valence-corrected chi connectivity index (χ1v) is 8.31. The van der Waals surface area contributed by atoms with E-state index in [4.69, 9.17) is 0 Å². The number of rotatable bonds is 5. The van der Waals surface area contributed by atoms with Gasteiger partial charge in [-0.25, -0.2) is 0 Å². The van der Waals surface area contributed by atoms with Crippen molar-refractivity contribution in [2.24, 2.45) is 0 Å². The van der Waals surface area contributed by atoms with Gasteiger partial charge in [0.25, 0.3) is 0 Å². The summed E-state index contributed by atoms with van der Waals surface area (Å²) in [5.74, 6) is 0.495. The summed E-state index contributed by atoms with van der Waals surface area (Å²) in [6, 6.07) is 6.08. The van der Waals surface area contributed by atoms with Crippen molar-refractivity contribution in [3.8, 4) is 0 Å². The largest absolute Gasteiger partial charge is 0.332 e. The second kappa shape index (κ2) is 5.92. The highest BCUT2D eigenvalue weighted by molar-refractivity contribution is 7.98. The maximum atomic E-state index is 12.9. The summed E-state index contributed by atoms with van der Waals surface area (Å²) in [4.78, 5) is -0.319. The molecule has 0 bridgehead atoms. The van der Waals surface area contributed by atoms with E-state index in [0.717, 1.165) is 5.16 Å². The average molecular weight is 315 g/mol. The lowest BCUT2D eigenvalue weighted by Gasteiger charge is -2.09. The minimum Gasteiger partial charge on any atom is -0.306 e. The number of aromatic nitrogens is 3. The Labute approximate surface area is 121 Å². The second-order valence-corrected chi connectivity index (χ2v) is 6.78. The average Bonchev–Trinajstić information content (AvgIpc) is 2.84. The number of hydrogen-bond acceptors (Lipinski definition) is 5. The standard InChI is InChI=1S/C12H14FN3O2S2/c1-9(2)16-8-14-15-12(16)19-7-10-4-3-5-11(6-10)20(13,17)18/h3-6,8-9H,7H2,1-2H3. The van der Waals surface area contributed by atoms with E-state index in [1.165, 1.54) is 30.0 Å². The van der Waals surface area contributed by atoms with Gasteiger partial charge in [0.2, 0.25) is 0 Å². The number of thioether (sulfide) groups is 1. The molecule has 2 rings (SSSR count). The maximum absolute atomic E-state index is 12.9. The van der Waals surface area contributed by atoms with E-state index in [1.807, 2.05) is 18.4 Å². The van der Waals surface area contributed by atoms with Crippen molar-refractivity contribution >= 4 is 22.0 Å². The van der Waals surface area contributed by atoms with Crippen LogP contribution in [0.15, 0.2) is 40.6 Å². The third kappa shape index (κ3) is 3.57. The highest BCUT2D eigenvalue weighted by Crippen LogP contribution is 2.24. The zero-order valence-corrected chi connectivity index (χ0v) is 12.7. The Morgan fingerprint density at radius 2 is 2.15 bits per heavy atom. The first-order chi connectivity index (χ1) is 9.38. The molecule has 2 aromatic rings. The minimum atomic E-state index is -4.66. The van der Waals surface area contributed by atoms with Crippen molar-refractivity contribution in [3.63, 3.8) is 0 Å². The summed E-state index contributed by atoms with van der Waals surface area (Å²) in [5, 5.41) is 8.60. The third-order valence-corrected chi connectivity index (χ3v) is 4.49. The molecule has 1 heterocycles. The van der Waals surface area contributed by atoms with Crippen molar-refractivity contribution in [2.45, 2.75) is 35.7 Å². The summed E-state index contributed by atoms with van der Waals surface area (Å²) < 4.78 is 36.6. The fourth-order valence-electron chi connectivity index (χ4n) is 1.62. The van der Waals surface area contributed by atoms with Gasteiger partial charge in [-0.3, -0.25) is 0 Å². The summed E-state index contributed by atoms with van der Waals surface area (Å²) >= 11 is 1.43. The van der Waals surface area contributed by atoms with Crippen LogP contribution in [0.2, 0.25) is 0 Å². The van der Waals surface area contributed by atoms with Crippen molar-refractivity contribution in [2.75, 3.05) is 0 Å². The van der Waals surface area contributed by atoms with Crippen molar-refractivity contribution < 1.29 is 12.3 Å². The number of nitrogens with zero attached hydrogens (tertiary/aromatic N) is 3. The fourth-order valence-corrected chi connectivity index (χ4v) is 3.14. The van der Waals surface area contributed by atoms with E-state index in [9.17, 15) is 12.3 Å². The third-order valence-electron chi connectivity index (χ3n) is 2.64. The first-order valence-electron chi connectivity index (χ1n) is 5.94. The Kier molecular flexibility index (Phi) is 4.44. The number of halogens is 1. The van der Waals surface area contributed by atoms with Crippen molar-refractivity contribution in [3.05, 3.63) is 36.2 Å². The fraction of sp³-hybridized carbons (Fsp3) is 0.333. The lowest BCUT2D eigenvalue weighted by molar-refractivity contribution is 0.549. The number of benzene rings is 1. The topological polar surface area (TPSA) is 64.8 Å². The Bertz CT molecular complexity index is 698. The molecule has 0 unspecified atom stereocenters. The van der Waals surface area contributed by atoms with Gasteiger partial charge in [0.05, 0.1) is 4.90 Å². The molecule has 0 saturated carbocycles. The van der Waals surface area contributed by atoms with Gasteiger partial charge in [-0.2, -0.15) is 8.42 Å². The van der Waals surface area contributed by atoms with E-state index in [1.54, 1.807) is 12.4 Å². The molecule has 5 nitrogen and oxygen atoms in total. The molecule has 0 aliphatic rings. The van der Waals surface area contributed by atoms with Crippen LogP contribution in [0.25, 0.3) is 0 Å². The number of hydrogen-bond donors (Lipinski definition) is 0. The van der Waals surface area contributed by atoms with E-state index < -0.39 is 10.2 Å². The quantitative estimate of drug-likeness (QED) is 0.627. The molecule has 0 aliphatic heterocycles. The maximum Gasteiger partial charge on any atom is 0.332 e. The van der Waals surface area contributed by atoms with Gasteiger partial charge < -0.3 is 4.57 Å². The first kappa shape index (κ1) is 15.0. The summed E-state index contributed by atoms with van der Waals surface area (Å²) in [6.45, 7) is 4.04. The molecule has 20 heavy (non-hydrogen) atoms. The minimum absolute atomic E-state index is 0.241. The Hall–Kier alpha value is -1.41. The second-order valence-electron chi connectivity index (χ2n) is 4.49. The van der Waals surface area contributed by atoms with E-state index in [0.29, 0.717) is 11.3 Å². The highest BCUT2D eigenvalue weighted by atomic mass is 32.3. The van der Waals surface area contributed by atoms with Crippen LogP contribution in [0.5, 0.6) is 0 Å². The predicted molar refractivity (Wildman–Crippen MR) is 74.7 cm³/mol. The zero-order valence-electron chi connectivity index (χ0n) is 11.0. The monoisotopic (exact) mass is 315 g/mol. The summed E-state index contributed by atoms with van der Waals surface area (Å²) in [6.07, 6.45) is 1.65. The molecule has 0 atom stereocenters. The van der Waals surface area contributed by atoms with Crippen LogP contribution < -0.4 is 0 Å². The smallest absolute Gasteiger partial charge is 0.306 e. The molecular formula is C12H14FN3O2S2. The molecule has 1 aromatic heterocycles. The Morgan fingerprint density at radius 3 is 2.80 bits per heavy atom. The Morgan fingerprint density at radius 1 is 1.40 bits per heavy atom. The molecule has 0 amide bonds. The van der Waals surface area contributed by atoms with Crippen LogP contribution in [0.1, 0.15) is 25.5 Å². The molecule has 0 saturated heterocycles. The SMILES string of the molecule is CC(C)n1cnnc1SCc1cccc(S(=O)(=O)F)c1. The summed E-state index contributed by atoms with van der Waals surface area (Å²) in [7, 11) is -4.66. The van der Waals surface area contributed by atoms with Gasteiger partial charge in [0.1, 0.15) is 6.33 Å². The van der Waals surface area contributed by atoms with Crippen LogP contribution in [-0.2, 0) is 16.0 Å². The van der Waals surface area contributed by atoms with E-state index in [-0.39, 0.29) is 10.9 Å². The van der Waals surface area contributed by atoms with Crippen LogP contribution in [0.4, 0.5) is 3.89 Å². The lowest BCUT2D eigenvalue weighted by Crippen LogP contribution is -2.01. The van der Waals surface area contributed by atoms with Gasteiger partial charge in [0, 0.05) is 11.8 Å². The van der Waals surface area contributed by atoms with E-state index >= 15 is 0 Å². The van der Waals surface area contributed by atoms with Crippen LogP contribution >= 0.6 is 11.8 Å². The normalized spacial score (nSPS) is 12.0. The van der Waals surface area contributed by atoms with Gasteiger partial charge in [-0.05, 0) is 31.5 Å². The van der Waals surface area contributed by atoms with E-state index in [2.05, 4.69) is 10.2 Å². The molecule has 0 spiro atoms. The van der Waals surface area contributed by atoms with Gasteiger partial charge in [0.15, 0.2) is 5.16 Å². The molecule has 0 aliphatic carbocycles. The molecule has 8 heteroatoms. The van der Waals surface area contributed by atoms with Gasteiger partial charge >= 0.3 is 10.2 Å². The zero-order chi connectivity index (χ0) is 14.8. The molecule has 0 fully saturated rings. The Balaban J connectivity index is 2.13. The molecular weight excluding hydrogens is 301 g/mol. The highest BCUT2D eigenvalue weighted by Gasteiger charge is 2.13. The van der Waals surface area contributed by atoms with Gasteiger partial charge in [-0.15, -0.1) is 14.1 Å². The lowest BCUT2D eigenvalue weighted by atomic mass is 10.2. The van der Waals surface area contributed by atoms with Crippen LogP contribution in [0, 0.1) is 0 Å².